The number of benzene rings is 1. The molecule has 0 aliphatic carbocycles. The lowest BCUT2D eigenvalue weighted by atomic mass is 10.2. The molecule has 0 aromatic heterocycles. The van der Waals surface area contributed by atoms with Crippen LogP contribution in [0.5, 0.6) is 0 Å². The molecule has 0 bridgehead atoms. The fraction of sp³-hybridized carbons (Fsp3) is 0.333. The number of nitrogens with one attached hydrogen (secondary N) is 1. The maximum Gasteiger partial charge on any atom is 0.270 e. The Hall–Kier alpha value is -0.920. The van der Waals surface area contributed by atoms with Gasteiger partial charge in [-0.1, -0.05) is 53.8 Å². The smallest absolute Gasteiger partial charge is 0.270 e. The van der Waals surface area contributed by atoms with E-state index in [0.717, 1.165) is 31.9 Å². The molecule has 2 fully saturated rings. The first kappa shape index (κ1) is 16.0. The molecule has 1 aromatic carbocycles. The van der Waals surface area contributed by atoms with Gasteiger partial charge in [0.25, 0.3) is 5.91 Å². The summed E-state index contributed by atoms with van der Waals surface area (Å²) in [7, 11) is 0. The van der Waals surface area contributed by atoms with Gasteiger partial charge >= 0.3 is 0 Å². The highest BCUT2D eigenvalue weighted by Gasteiger charge is 2.35. The number of rotatable bonds is 3. The highest BCUT2D eigenvalue weighted by atomic mass is 35.5. The Balaban J connectivity index is 1.75. The van der Waals surface area contributed by atoms with E-state index in [0.29, 0.717) is 20.9 Å². The van der Waals surface area contributed by atoms with E-state index >= 15 is 0 Å². The summed E-state index contributed by atoms with van der Waals surface area (Å²) in [5.74, 6) is -0.0334. The van der Waals surface area contributed by atoms with Gasteiger partial charge in [0.05, 0.1) is 18.1 Å². The lowest BCUT2D eigenvalue weighted by Gasteiger charge is -2.27. The van der Waals surface area contributed by atoms with Crippen molar-refractivity contribution in [1.29, 1.82) is 0 Å². The summed E-state index contributed by atoms with van der Waals surface area (Å²) in [6, 6.07) is 7.47. The number of amides is 1. The molecular formula is C15H16ClN2O2S2+. The van der Waals surface area contributed by atoms with Gasteiger partial charge in [0, 0.05) is 5.02 Å². The van der Waals surface area contributed by atoms with Crippen molar-refractivity contribution in [3.05, 3.63) is 39.8 Å². The number of hydrogen-bond acceptors (Lipinski definition) is 4. The zero-order valence-corrected chi connectivity index (χ0v) is 14.3. The van der Waals surface area contributed by atoms with E-state index in [9.17, 15) is 4.79 Å². The lowest BCUT2D eigenvalue weighted by Crippen LogP contribution is -3.15. The first-order valence-corrected chi connectivity index (χ1v) is 8.66. The second kappa shape index (κ2) is 7.10. The molecule has 1 N–H and O–H groups in total. The van der Waals surface area contributed by atoms with Gasteiger partial charge in [-0.3, -0.25) is 4.79 Å². The second-order valence-corrected chi connectivity index (χ2v) is 7.23. The van der Waals surface area contributed by atoms with Crippen LogP contribution in [0, 0.1) is 0 Å². The fourth-order valence-corrected chi connectivity index (χ4v) is 3.85. The van der Waals surface area contributed by atoms with Gasteiger partial charge in [0.1, 0.15) is 13.1 Å². The van der Waals surface area contributed by atoms with Crippen LogP contribution in [0.3, 0.4) is 0 Å². The summed E-state index contributed by atoms with van der Waals surface area (Å²) >= 11 is 12.9. The Morgan fingerprint density at radius 3 is 2.82 bits per heavy atom. The van der Waals surface area contributed by atoms with Gasteiger partial charge in [-0.15, -0.1) is 0 Å². The largest absolute Gasteiger partial charge is 0.370 e. The van der Waals surface area contributed by atoms with Crippen molar-refractivity contribution in [3.8, 4) is 0 Å². The van der Waals surface area contributed by atoms with Crippen LogP contribution >= 0.6 is 35.6 Å². The SMILES string of the molecule is O=C1/C(=C\c2ccccc2Cl)SC(=S)N1C[NH+]1CCOCC1. The molecule has 4 nitrogen and oxygen atoms in total. The number of nitrogens with zero attached hydrogens (tertiary/aromatic N) is 1. The molecule has 1 amide bonds. The topological polar surface area (TPSA) is 34.0 Å². The molecular weight excluding hydrogens is 340 g/mol. The molecule has 1 aromatic rings. The molecule has 0 atom stereocenters. The van der Waals surface area contributed by atoms with Crippen LogP contribution in [0.1, 0.15) is 5.56 Å². The molecule has 0 radical (unpaired) electrons. The molecule has 7 heteroatoms. The van der Waals surface area contributed by atoms with Gasteiger partial charge in [0.2, 0.25) is 0 Å². The standard InChI is InChI=1S/C15H15ClN2O2S2/c16-12-4-2-1-3-11(12)9-13-14(19)18(15(21)22-13)10-17-5-7-20-8-6-17/h1-4,9H,5-8,10H2/p+1/b13-9+. The monoisotopic (exact) mass is 355 g/mol. The summed E-state index contributed by atoms with van der Waals surface area (Å²) in [5.41, 5.74) is 0.836. The van der Waals surface area contributed by atoms with Crippen molar-refractivity contribution in [2.75, 3.05) is 33.0 Å². The Bertz CT molecular complexity index is 630. The highest BCUT2D eigenvalue weighted by Crippen LogP contribution is 2.33. The van der Waals surface area contributed by atoms with Crippen molar-refractivity contribution in [2.45, 2.75) is 0 Å². The Labute approximate surface area is 144 Å². The van der Waals surface area contributed by atoms with Crippen molar-refractivity contribution in [2.24, 2.45) is 0 Å². The molecule has 2 aliphatic rings. The summed E-state index contributed by atoms with van der Waals surface area (Å²) in [6.07, 6.45) is 1.82. The van der Waals surface area contributed by atoms with Crippen LogP contribution in [-0.2, 0) is 9.53 Å². The molecule has 2 heterocycles. The van der Waals surface area contributed by atoms with E-state index in [4.69, 9.17) is 28.6 Å². The maximum atomic E-state index is 12.6. The number of ether oxygens (including phenoxy) is 1. The highest BCUT2D eigenvalue weighted by molar-refractivity contribution is 8.26. The third-order valence-electron chi connectivity index (χ3n) is 3.65. The number of hydrogen-bond donors (Lipinski definition) is 1. The van der Waals surface area contributed by atoms with Crippen molar-refractivity contribution < 1.29 is 14.4 Å². The van der Waals surface area contributed by atoms with E-state index in [2.05, 4.69) is 0 Å². The minimum Gasteiger partial charge on any atom is -0.370 e. The number of carbonyl (C=O) groups is 1. The number of quaternary nitrogens is 1. The first-order valence-electron chi connectivity index (χ1n) is 7.06. The summed E-state index contributed by atoms with van der Waals surface area (Å²) in [6.45, 7) is 3.88. The van der Waals surface area contributed by atoms with Crippen molar-refractivity contribution in [1.82, 2.24) is 4.90 Å². The van der Waals surface area contributed by atoms with Crippen LogP contribution in [0.2, 0.25) is 5.02 Å². The second-order valence-electron chi connectivity index (χ2n) is 5.15. The molecule has 116 valence electrons. The van der Waals surface area contributed by atoms with Crippen LogP contribution in [0.4, 0.5) is 0 Å². The lowest BCUT2D eigenvalue weighted by molar-refractivity contribution is -0.914. The number of morpholine rings is 1. The minimum absolute atomic E-state index is 0.0334. The number of thiocarbonyl (C=S) groups is 1. The fourth-order valence-electron chi connectivity index (χ4n) is 2.41. The van der Waals surface area contributed by atoms with Crippen molar-refractivity contribution in [3.63, 3.8) is 0 Å². The van der Waals surface area contributed by atoms with Gasteiger partial charge in [-0.2, -0.15) is 0 Å². The van der Waals surface area contributed by atoms with E-state index < -0.39 is 0 Å². The van der Waals surface area contributed by atoms with E-state index in [1.165, 1.54) is 16.7 Å². The van der Waals surface area contributed by atoms with Gasteiger partial charge in [0.15, 0.2) is 11.0 Å². The number of carbonyl (C=O) groups excluding carboxylic acids is 1. The van der Waals surface area contributed by atoms with Crippen molar-refractivity contribution >= 4 is 51.9 Å². The summed E-state index contributed by atoms with van der Waals surface area (Å²) < 4.78 is 5.96. The van der Waals surface area contributed by atoms with E-state index in [1.54, 1.807) is 4.90 Å². The normalized spacial score (nSPS) is 21.9. The summed E-state index contributed by atoms with van der Waals surface area (Å²) in [5, 5.41) is 0.631. The zero-order valence-electron chi connectivity index (χ0n) is 11.9. The Kier molecular flexibility index (Phi) is 5.15. The third-order valence-corrected chi connectivity index (χ3v) is 5.37. The molecule has 0 saturated carbocycles. The van der Waals surface area contributed by atoms with Crippen LogP contribution in [-0.4, -0.2) is 48.1 Å². The Morgan fingerprint density at radius 1 is 1.36 bits per heavy atom. The first-order chi connectivity index (χ1) is 10.6. The van der Waals surface area contributed by atoms with Gasteiger partial charge < -0.3 is 9.64 Å². The average molecular weight is 356 g/mol. The quantitative estimate of drug-likeness (QED) is 0.656. The maximum absolute atomic E-state index is 12.6. The third kappa shape index (κ3) is 3.52. The van der Waals surface area contributed by atoms with E-state index in [1.807, 2.05) is 30.3 Å². The summed E-state index contributed by atoms with van der Waals surface area (Å²) in [4.78, 5) is 16.2. The molecule has 3 rings (SSSR count). The van der Waals surface area contributed by atoms with E-state index in [-0.39, 0.29) is 5.91 Å². The number of thioether (sulfide) groups is 1. The predicted octanol–water partition coefficient (Wildman–Crippen LogP) is 1.41. The molecule has 2 aliphatic heterocycles. The predicted molar refractivity (Wildman–Crippen MR) is 92.8 cm³/mol. The molecule has 0 spiro atoms. The minimum atomic E-state index is -0.0334. The Morgan fingerprint density at radius 2 is 2.09 bits per heavy atom. The average Bonchev–Trinajstić information content (AvgIpc) is 2.78. The number of halogens is 1. The van der Waals surface area contributed by atoms with Crippen LogP contribution < -0.4 is 4.90 Å². The van der Waals surface area contributed by atoms with Gasteiger partial charge in [-0.25, -0.2) is 4.90 Å². The van der Waals surface area contributed by atoms with Gasteiger partial charge in [-0.05, 0) is 17.7 Å². The van der Waals surface area contributed by atoms with Crippen LogP contribution in [0.25, 0.3) is 6.08 Å². The molecule has 2 saturated heterocycles. The zero-order chi connectivity index (χ0) is 15.5. The van der Waals surface area contributed by atoms with Crippen LogP contribution in [0.15, 0.2) is 29.2 Å². The molecule has 22 heavy (non-hydrogen) atoms. The molecule has 0 unspecified atom stereocenters.